The van der Waals surface area contributed by atoms with Crippen molar-refractivity contribution in [2.24, 2.45) is 17.4 Å². The third-order valence-corrected chi connectivity index (χ3v) is 4.75. The molecule has 4 amide bonds. The lowest BCUT2D eigenvalue weighted by atomic mass is 10.0. The molecule has 0 radical (unpaired) electrons. The first-order valence-corrected chi connectivity index (χ1v) is 10.6. The van der Waals surface area contributed by atoms with Crippen LogP contribution in [0.15, 0.2) is 30.3 Å². The van der Waals surface area contributed by atoms with Crippen LogP contribution in [0.3, 0.4) is 0 Å². The minimum Gasteiger partial charge on any atom is -0.480 e. The van der Waals surface area contributed by atoms with Crippen molar-refractivity contribution in [2.75, 3.05) is 0 Å². The van der Waals surface area contributed by atoms with E-state index in [9.17, 15) is 24.0 Å². The number of rotatable bonds is 13. The van der Waals surface area contributed by atoms with Gasteiger partial charge in [0.15, 0.2) is 0 Å². The molecule has 0 bridgehead atoms. The van der Waals surface area contributed by atoms with Crippen LogP contribution in [0.2, 0.25) is 0 Å². The normalized spacial score (nSPS) is 14.5. The van der Waals surface area contributed by atoms with Gasteiger partial charge in [0.1, 0.15) is 18.1 Å². The first-order chi connectivity index (χ1) is 15.4. The second-order valence-electron chi connectivity index (χ2n) is 8.29. The fourth-order valence-electron chi connectivity index (χ4n) is 3.01. The van der Waals surface area contributed by atoms with Gasteiger partial charge in [0, 0.05) is 6.42 Å². The van der Waals surface area contributed by atoms with Crippen molar-refractivity contribution in [3.8, 4) is 0 Å². The zero-order valence-electron chi connectivity index (χ0n) is 19.0. The number of hydrogen-bond acceptors (Lipinski definition) is 6. The summed E-state index contributed by atoms with van der Waals surface area (Å²) in [5.74, 6) is -4.17. The maximum Gasteiger partial charge on any atom is 0.325 e. The topological polar surface area (TPSA) is 194 Å². The molecule has 8 N–H and O–H groups in total. The molecule has 4 unspecified atom stereocenters. The molecule has 0 saturated heterocycles. The molecule has 1 aromatic rings. The van der Waals surface area contributed by atoms with E-state index in [1.165, 1.54) is 6.92 Å². The van der Waals surface area contributed by atoms with Crippen molar-refractivity contribution in [2.45, 2.75) is 64.2 Å². The molecule has 4 atom stereocenters. The van der Waals surface area contributed by atoms with E-state index in [-0.39, 0.29) is 12.3 Å². The monoisotopic (exact) mass is 463 g/mol. The Bertz CT molecular complexity index is 845. The molecule has 0 saturated carbocycles. The summed E-state index contributed by atoms with van der Waals surface area (Å²) >= 11 is 0. The molecule has 33 heavy (non-hydrogen) atoms. The molecule has 0 aliphatic heterocycles. The minimum absolute atomic E-state index is 0.100. The van der Waals surface area contributed by atoms with Gasteiger partial charge in [0.05, 0.1) is 12.5 Å². The summed E-state index contributed by atoms with van der Waals surface area (Å²) in [4.78, 5) is 60.5. The number of primary amides is 1. The Balaban J connectivity index is 3.06. The van der Waals surface area contributed by atoms with Crippen molar-refractivity contribution in [3.05, 3.63) is 35.9 Å². The van der Waals surface area contributed by atoms with Gasteiger partial charge in [-0.3, -0.25) is 24.0 Å². The van der Waals surface area contributed by atoms with Crippen molar-refractivity contribution >= 4 is 29.6 Å². The van der Waals surface area contributed by atoms with Gasteiger partial charge in [-0.1, -0.05) is 44.2 Å². The Morgan fingerprint density at radius 1 is 0.879 bits per heavy atom. The van der Waals surface area contributed by atoms with Crippen molar-refractivity contribution in [1.82, 2.24) is 16.0 Å². The molecule has 0 heterocycles. The Labute approximate surface area is 192 Å². The number of hydrogen-bond donors (Lipinski definition) is 6. The largest absolute Gasteiger partial charge is 0.480 e. The average Bonchev–Trinajstić information content (AvgIpc) is 2.72. The molecule has 0 aliphatic rings. The minimum atomic E-state index is -1.42. The van der Waals surface area contributed by atoms with E-state index < -0.39 is 60.2 Å². The van der Waals surface area contributed by atoms with Crippen LogP contribution in [0.5, 0.6) is 0 Å². The lowest BCUT2D eigenvalue weighted by molar-refractivity contribution is -0.142. The number of carboxylic acids is 1. The second kappa shape index (κ2) is 13.2. The summed E-state index contributed by atoms with van der Waals surface area (Å²) in [6.07, 6.45) is -0.0443. The molecule has 1 aromatic carbocycles. The fourth-order valence-corrected chi connectivity index (χ4v) is 3.01. The van der Waals surface area contributed by atoms with E-state index in [2.05, 4.69) is 16.0 Å². The number of aliphatic carboxylic acids is 1. The van der Waals surface area contributed by atoms with Crippen LogP contribution in [-0.2, 0) is 30.4 Å². The van der Waals surface area contributed by atoms with Gasteiger partial charge < -0.3 is 32.5 Å². The highest BCUT2D eigenvalue weighted by atomic mass is 16.4. The second-order valence-corrected chi connectivity index (χ2v) is 8.29. The number of carbonyl (C=O) groups is 5. The number of benzene rings is 1. The van der Waals surface area contributed by atoms with Crippen LogP contribution in [0.25, 0.3) is 0 Å². The SMILES string of the molecule is CC(C)CC(N)C(=O)NC(Cc1ccccc1)C(=O)NC(CC(N)=O)C(=O)NC(C)C(=O)O. The zero-order chi connectivity index (χ0) is 25.1. The first kappa shape index (κ1) is 27.6. The Hall–Kier alpha value is -3.47. The van der Waals surface area contributed by atoms with E-state index in [1.54, 1.807) is 30.3 Å². The van der Waals surface area contributed by atoms with Gasteiger partial charge in [0.2, 0.25) is 23.6 Å². The number of carboxylic acid groups (broad SMARTS) is 1. The van der Waals surface area contributed by atoms with E-state index in [0.717, 1.165) is 5.56 Å². The highest BCUT2D eigenvalue weighted by Crippen LogP contribution is 2.07. The predicted molar refractivity (Wildman–Crippen MR) is 120 cm³/mol. The third kappa shape index (κ3) is 10.1. The maximum atomic E-state index is 13.0. The molecule has 0 aliphatic carbocycles. The maximum absolute atomic E-state index is 13.0. The molecule has 11 nitrogen and oxygen atoms in total. The Kier molecular flexibility index (Phi) is 11.0. The van der Waals surface area contributed by atoms with Gasteiger partial charge >= 0.3 is 5.97 Å². The summed E-state index contributed by atoms with van der Waals surface area (Å²) in [5, 5.41) is 16.2. The number of nitrogens with two attached hydrogens (primary N) is 2. The first-order valence-electron chi connectivity index (χ1n) is 10.6. The summed E-state index contributed by atoms with van der Waals surface area (Å²) in [7, 11) is 0. The fraction of sp³-hybridized carbons (Fsp3) is 0.500. The average molecular weight is 464 g/mol. The van der Waals surface area contributed by atoms with Crippen LogP contribution in [0, 0.1) is 5.92 Å². The quantitative estimate of drug-likeness (QED) is 0.217. The van der Waals surface area contributed by atoms with Gasteiger partial charge in [0.25, 0.3) is 0 Å². The van der Waals surface area contributed by atoms with Gasteiger partial charge in [-0.15, -0.1) is 0 Å². The molecule has 0 fully saturated rings. The molecular weight excluding hydrogens is 430 g/mol. The van der Waals surface area contributed by atoms with Gasteiger partial charge in [-0.2, -0.15) is 0 Å². The Morgan fingerprint density at radius 3 is 1.94 bits per heavy atom. The van der Waals surface area contributed by atoms with Crippen LogP contribution < -0.4 is 27.4 Å². The lowest BCUT2D eigenvalue weighted by Gasteiger charge is -2.24. The van der Waals surface area contributed by atoms with Crippen molar-refractivity contribution in [3.63, 3.8) is 0 Å². The molecule has 11 heteroatoms. The summed E-state index contributed by atoms with van der Waals surface area (Å²) in [6, 6.07) is 4.27. The summed E-state index contributed by atoms with van der Waals surface area (Å²) < 4.78 is 0. The number of carbonyl (C=O) groups excluding carboxylic acids is 4. The van der Waals surface area contributed by atoms with E-state index in [4.69, 9.17) is 16.6 Å². The Morgan fingerprint density at radius 2 is 1.42 bits per heavy atom. The number of nitrogens with one attached hydrogen (secondary N) is 3. The highest BCUT2D eigenvalue weighted by molar-refractivity contribution is 5.96. The lowest BCUT2D eigenvalue weighted by Crippen LogP contribution is -2.58. The molecule has 0 aromatic heterocycles. The summed E-state index contributed by atoms with van der Waals surface area (Å²) in [5.41, 5.74) is 11.9. The molecule has 182 valence electrons. The molecule has 1 rings (SSSR count). The van der Waals surface area contributed by atoms with Crippen LogP contribution in [0.1, 0.15) is 39.2 Å². The van der Waals surface area contributed by atoms with E-state index in [1.807, 2.05) is 13.8 Å². The van der Waals surface area contributed by atoms with E-state index in [0.29, 0.717) is 6.42 Å². The smallest absolute Gasteiger partial charge is 0.325 e. The van der Waals surface area contributed by atoms with Crippen molar-refractivity contribution in [1.29, 1.82) is 0 Å². The van der Waals surface area contributed by atoms with E-state index >= 15 is 0 Å². The van der Waals surface area contributed by atoms with Gasteiger partial charge in [-0.05, 0) is 24.8 Å². The van der Waals surface area contributed by atoms with Crippen molar-refractivity contribution < 1.29 is 29.1 Å². The highest BCUT2D eigenvalue weighted by Gasteiger charge is 2.30. The molecule has 0 spiro atoms. The van der Waals surface area contributed by atoms with Crippen LogP contribution in [-0.4, -0.2) is 58.9 Å². The predicted octanol–water partition coefficient (Wildman–Crippen LogP) is -0.963. The van der Waals surface area contributed by atoms with Gasteiger partial charge in [-0.25, -0.2) is 0 Å². The third-order valence-electron chi connectivity index (χ3n) is 4.75. The van der Waals surface area contributed by atoms with Crippen LogP contribution in [0.4, 0.5) is 0 Å². The number of amides is 4. The molecular formula is C22H33N5O6. The summed E-state index contributed by atoms with van der Waals surface area (Å²) in [6.45, 7) is 5.05. The standard InChI is InChI=1S/C22H33N5O6/c1-12(2)9-15(23)19(29)26-16(10-14-7-5-4-6-8-14)21(31)27-17(11-18(24)28)20(30)25-13(3)22(32)33/h4-8,12-13,15-17H,9-11,23H2,1-3H3,(H2,24,28)(H,25,30)(H,26,29)(H,27,31)(H,32,33). The zero-order valence-corrected chi connectivity index (χ0v) is 19.0. The van der Waals surface area contributed by atoms with Crippen LogP contribution >= 0.6 is 0 Å².